The summed E-state index contributed by atoms with van der Waals surface area (Å²) in [5.41, 5.74) is -0.306. The van der Waals surface area contributed by atoms with Crippen LogP contribution in [0.5, 0.6) is 0 Å². The summed E-state index contributed by atoms with van der Waals surface area (Å²) in [6.45, 7) is 8.29. The van der Waals surface area contributed by atoms with Crippen LogP contribution in [0.3, 0.4) is 0 Å². The van der Waals surface area contributed by atoms with Gasteiger partial charge in [0.25, 0.3) is 0 Å². The van der Waals surface area contributed by atoms with Crippen molar-refractivity contribution < 1.29 is 18.8 Å². The third kappa shape index (κ3) is 1.89. The van der Waals surface area contributed by atoms with E-state index in [0.29, 0.717) is 18.7 Å². The normalized spacial score (nSPS) is 27.6. The van der Waals surface area contributed by atoms with Crippen molar-refractivity contribution >= 4 is 12.9 Å². The molecule has 0 bridgehead atoms. The van der Waals surface area contributed by atoms with Gasteiger partial charge in [-0.05, 0) is 27.7 Å². The van der Waals surface area contributed by atoms with Crippen molar-refractivity contribution in [1.82, 2.24) is 0 Å². The predicted molar refractivity (Wildman–Crippen MR) is 59.7 cm³/mol. The lowest BCUT2D eigenvalue weighted by molar-refractivity contribution is -0.116. The lowest BCUT2D eigenvalue weighted by atomic mass is 9.84. The summed E-state index contributed by atoms with van der Waals surface area (Å²) in [4.78, 5) is 11.3. The Balaban J connectivity index is 2.17. The number of ether oxygens (including phenoxy) is 1. The van der Waals surface area contributed by atoms with Crippen LogP contribution in [0.4, 0.5) is 0 Å². The van der Waals surface area contributed by atoms with Crippen molar-refractivity contribution in [2.24, 2.45) is 0 Å². The Morgan fingerprint density at radius 1 is 1.19 bits per heavy atom. The Morgan fingerprint density at radius 3 is 2.25 bits per heavy atom. The maximum atomic E-state index is 11.3. The standard InChI is InChI=1S/C11H17BO4/c1-10(2)11(3,4)16-12(15-10)9-7-8(13)5-6-14-9/h7H,5-6H2,1-4H3. The summed E-state index contributed by atoms with van der Waals surface area (Å²) < 4.78 is 17.0. The quantitative estimate of drug-likeness (QED) is 0.633. The zero-order valence-electron chi connectivity index (χ0n) is 10.2. The van der Waals surface area contributed by atoms with E-state index in [2.05, 4.69) is 0 Å². The van der Waals surface area contributed by atoms with Gasteiger partial charge in [0, 0.05) is 12.5 Å². The van der Waals surface area contributed by atoms with Gasteiger partial charge in [-0.25, -0.2) is 0 Å². The van der Waals surface area contributed by atoms with Crippen LogP contribution < -0.4 is 0 Å². The average Bonchev–Trinajstić information content (AvgIpc) is 2.36. The lowest BCUT2D eigenvalue weighted by Gasteiger charge is -2.32. The molecule has 2 heterocycles. The molecule has 2 aliphatic heterocycles. The number of allylic oxidation sites excluding steroid dienone is 1. The molecule has 2 rings (SSSR count). The van der Waals surface area contributed by atoms with E-state index in [-0.39, 0.29) is 5.78 Å². The van der Waals surface area contributed by atoms with Crippen LogP contribution in [0, 0.1) is 0 Å². The molecule has 2 aliphatic rings. The zero-order valence-corrected chi connectivity index (χ0v) is 10.2. The Morgan fingerprint density at radius 2 is 1.75 bits per heavy atom. The third-order valence-corrected chi connectivity index (χ3v) is 3.41. The first-order valence-electron chi connectivity index (χ1n) is 5.55. The van der Waals surface area contributed by atoms with E-state index >= 15 is 0 Å². The zero-order chi connectivity index (χ0) is 12.0. The highest BCUT2D eigenvalue weighted by Crippen LogP contribution is 2.38. The summed E-state index contributed by atoms with van der Waals surface area (Å²) >= 11 is 0. The van der Waals surface area contributed by atoms with Gasteiger partial charge in [-0.15, -0.1) is 0 Å². The van der Waals surface area contributed by atoms with Gasteiger partial charge in [0.1, 0.15) is 5.66 Å². The number of hydrogen-bond acceptors (Lipinski definition) is 4. The van der Waals surface area contributed by atoms with Crippen LogP contribution in [0.15, 0.2) is 11.7 Å². The molecule has 88 valence electrons. The van der Waals surface area contributed by atoms with E-state index in [1.807, 2.05) is 27.7 Å². The summed E-state index contributed by atoms with van der Waals surface area (Å²) in [5, 5.41) is 0. The molecule has 0 amide bonds. The van der Waals surface area contributed by atoms with Gasteiger partial charge in [-0.3, -0.25) is 4.79 Å². The minimum Gasteiger partial charge on any atom is -0.501 e. The van der Waals surface area contributed by atoms with Crippen LogP contribution in [0.1, 0.15) is 34.1 Å². The predicted octanol–water partition coefficient (Wildman–Crippen LogP) is 1.49. The molecule has 0 aromatic carbocycles. The van der Waals surface area contributed by atoms with E-state index < -0.39 is 18.3 Å². The van der Waals surface area contributed by atoms with Crippen LogP contribution >= 0.6 is 0 Å². The van der Waals surface area contributed by atoms with Crippen molar-refractivity contribution in [3.8, 4) is 0 Å². The van der Waals surface area contributed by atoms with Gasteiger partial charge < -0.3 is 14.0 Å². The van der Waals surface area contributed by atoms with Crippen LogP contribution in [-0.4, -0.2) is 30.7 Å². The molecule has 5 heteroatoms. The van der Waals surface area contributed by atoms with E-state index in [1.165, 1.54) is 6.08 Å². The van der Waals surface area contributed by atoms with Crippen molar-refractivity contribution in [3.05, 3.63) is 11.7 Å². The summed E-state index contributed by atoms with van der Waals surface area (Å²) in [6, 6.07) is 0. The minimum atomic E-state index is -0.561. The highest BCUT2D eigenvalue weighted by molar-refractivity contribution is 6.54. The van der Waals surface area contributed by atoms with Crippen molar-refractivity contribution in [1.29, 1.82) is 0 Å². The third-order valence-electron chi connectivity index (χ3n) is 3.41. The van der Waals surface area contributed by atoms with E-state index in [9.17, 15) is 4.79 Å². The van der Waals surface area contributed by atoms with Crippen molar-refractivity contribution in [3.63, 3.8) is 0 Å². The molecule has 1 fully saturated rings. The van der Waals surface area contributed by atoms with Gasteiger partial charge in [-0.1, -0.05) is 0 Å². The number of carbonyl (C=O) groups excluding carboxylic acids is 1. The van der Waals surface area contributed by atoms with E-state index in [1.54, 1.807) is 0 Å². The lowest BCUT2D eigenvalue weighted by Crippen LogP contribution is -2.41. The highest BCUT2D eigenvalue weighted by Gasteiger charge is 2.53. The molecule has 0 aromatic heterocycles. The average molecular weight is 224 g/mol. The van der Waals surface area contributed by atoms with Gasteiger partial charge >= 0.3 is 7.12 Å². The summed E-state index contributed by atoms with van der Waals surface area (Å²) in [6.07, 6.45) is 1.91. The molecule has 0 aromatic rings. The maximum absolute atomic E-state index is 11.3. The fourth-order valence-corrected chi connectivity index (χ4v) is 1.64. The molecule has 0 N–H and O–H groups in total. The van der Waals surface area contributed by atoms with Crippen LogP contribution in [0.2, 0.25) is 0 Å². The fourth-order valence-electron chi connectivity index (χ4n) is 1.64. The number of hydrogen-bond donors (Lipinski definition) is 0. The largest absolute Gasteiger partial charge is 0.532 e. The molecule has 4 nitrogen and oxygen atoms in total. The SMILES string of the molecule is CC1(C)OB(C2=CC(=O)CCO2)OC1(C)C. The van der Waals surface area contributed by atoms with E-state index in [0.717, 1.165) is 0 Å². The van der Waals surface area contributed by atoms with Crippen molar-refractivity contribution in [2.45, 2.75) is 45.3 Å². The smallest absolute Gasteiger partial charge is 0.501 e. The Labute approximate surface area is 96.1 Å². The molecule has 16 heavy (non-hydrogen) atoms. The van der Waals surface area contributed by atoms with Gasteiger partial charge in [-0.2, -0.15) is 0 Å². The summed E-state index contributed by atoms with van der Waals surface area (Å²) in [5.74, 6) is 0.0657. The topological polar surface area (TPSA) is 44.8 Å². The van der Waals surface area contributed by atoms with Gasteiger partial charge in [0.15, 0.2) is 5.78 Å². The molecule has 0 atom stereocenters. The first-order chi connectivity index (χ1) is 7.32. The molecule has 1 saturated heterocycles. The molecule has 0 unspecified atom stereocenters. The first kappa shape index (κ1) is 11.7. The molecular formula is C11H17BO4. The fraction of sp³-hybridized carbons (Fsp3) is 0.727. The Bertz CT molecular complexity index is 330. The number of rotatable bonds is 1. The van der Waals surface area contributed by atoms with Crippen LogP contribution in [-0.2, 0) is 18.8 Å². The number of carbonyl (C=O) groups is 1. The van der Waals surface area contributed by atoms with Gasteiger partial charge in [0.05, 0.1) is 17.8 Å². The first-order valence-corrected chi connectivity index (χ1v) is 5.55. The van der Waals surface area contributed by atoms with Crippen molar-refractivity contribution in [2.75, 3.05) is 6.61 Å². The monoisotopic (exact) mass is 224 g/mol. The molecule has 0 spiro atoms. The molecular weight excluding hydrogens is 207 g/mol. The van der Waals surface area contributed by atoms with E-state index in [4.69, 9.17) is 14.0 Å². The second-order valence-electron chi connectivity index (χ2n) is 5.20. The number of ketones is 1. The molecule has 0 saturated carbocycles. The summed E-state index contributed by atoms with van der Waals surface area (Å²) in [7, 11) is -0.561. The maximum Gasteiger partial charge on any atom is 0.532 e. The van der Waals surface area contributed by atoms with Crippen LogP contribution in [0.25, 0.3) is 0 Å². The second kappa shape index (κ2) is 3.60. The van der Waals surface area contributed by atoms with Gasteiger partial charge in [0.2, 0.25) is 0 Å². The Kier molecular flexibility index (Phi) is 2.63. The minimum absolute atomic E-state index is 0.0657. The molecule has 0 aliphatic carbocycles. The highest BCUT2D eigenvalue weighted by atomic mass is 16.7. The second-order valence-corrected chi connectivity index (χ2v) is 5.20. The molecule has 0 radical (unpaired) electrons. The Hall–Kier alpha value is -0.805.